The van der Waals surface area contributed by atoms with Gasteiger partial charge < -0.3 is 5.11 Å². The van der Waals surface area contributed by atoms with Gasteiger partial charge in [0.2, 0.25) is 0 Å². The minimum Gasteiger partial charge on any atom is -0.396 e. The van der Waals surface area contributed by atoms with Crippen molar-refractivity contribution in [3.63, 3.8) is 0 Å². The summed E-state index contributed by atoms with van der Waals surface area (Å²) in [6.07, 6.45) is -8.09. The Hall–Kier alpha value is -0.930. The Kier molecular flexibility index (Phi) is 4.96. The van der Waals surface area contributed by atoms with Crippen molar-refractivity contribution in [2.45, 2.75) is 37.3 Å². The molecule has 0 aliphatic carbocycles. The Bertz CT molecular complexity index is 342. The summed E-state index contributed by atoms with van der Waals surface area (Å²) in [6, 6.07) is 0. The molecule has 0 bridgehead atoms. The predicted octanol–water partition coefficient (Wildman–Crippen LogP) is 3.78. The number of hydrogen-bond acceptors (Lipinski definition) is 1. The Labute approximate surface area is 101 Å². The normalized spacial score (nSPS) is 15.8. The Morgan fingerprint density at radius 3 is 1.63 bits per heavy atom. The fourth-order valence-corrected chi connectivity index (χ4v) is 1.04. The van der Waals surface area contributed by atoms with Crippen LogP contribution in [0.4, 0.5) is 39.5 Å². The topological polar surface area (TPSA) is 20.2 Å². The van der Waals surface area contributed by atoms with E-state index in [4.69, 9.17) is 5.11 Å². The Balaban J connectivity index is 5.58. The molecule has 0 radical (unpaired) electrons. The second-order valence-corrected chi connectivity index (χ2v) is 3.73. The van der Waals surface area contributed by atoms with Gasteiger partial charge in [-0.2, -0.15) is 39.5 Å². The molecule has 0 saturated carbocycles. The highest BCUT2D eigenvalue weighted by Gasteiger charge is 2.81. The lowest BCUT2D eigenvalue weighted by atomic mass is 10.0. The van der Waals surface area contributed by atoms with Crippen LogP contribution < -0.4 is 0 Å². The summed E-state index contributed by atoms with van der Waals surface area (Å²) in [6.45, 7) is 0.0333. The highest BCUT2D eigenvalue weighted by molar-refractivity contribution is 5.14. The first-order valence-electron chi connectivity index (χ1n) is 4.70. The molecule has 0 atom stereocenters. The highest BCUT2D eigenvalue weighted by Crippen LogP contribution is 2.53. The number of aliphatic hydroxyl groups excluding tert-OH is 1. The molecule has 0 aliphatic heterocycles. The van der Waals surface area contributed by atoms with Crippen LogP contribution in [0.1, 0.15) is 13.3 Å². The standard InChI is InChI=1S/C9H9F9O/c1-5(2-3-19)4-6(10,11)7(12,13)8(14,15)9(16,17)18/h4,19H,2-3H2,1H3/b5-4+. The van der Waals surface area contributed by atoms with E-state index in [0.29, 0.717) is 0 Å². The molecular formula is C9H9F9O. The maximum absolute atomic E-state index is 12.9. The molecule has 0 aliphatic rings. The Morgan fingerprint density at radius 1 is 0.895 bits per heavy atom. The third-order valence-electron chi connectivity index (χ3n) is 2.10. The summed E-state index contributed by atoms with van der Waals surface area (Å²) in [5, 5.41) is 8.32. The molecule has 0 amide bonds. The number of allylic oxidation sites excluding steroid dienone is 1. The highest BCUT2D eigenvalue weighted by atomic mass is 19.4. The molecule has 0 rings (SSSR count). The second-order valence-electron chi connectivity index (χ2n) is 3.73. The molecule has 19 heavy (non-hydrogen) atoms. The van der Waals surface area contributed by atoms with Crippen molar-refractivity contribution in [2.24, 2.45) is 0 Å². The first-order chi connectivity index (χ1) is 8.20. The van der Waals surface area contributed by atoms with Gasteiger partial charge in [0.15, 0.2) is 0 Å². The van der Waals surface area contributed by atoms with Crippen LogP contribution in [0, 0.1) is 0 Å². The molecule has 0 aromatic rings. The zero-order chi connectivity index (χ0) is 15.7. The van der Waals surface area contributed by atoms with E-state index in [9.17, 15) is 39.5 Å². The summed E-state index contributed by atoms with van der Waals surface area (Å²) in [5.41, 5.74) is -0.648. The summed E-state index contributed by atoms with van der Waals surface area (Å²) in [7, 11) is 0. The van der Waals surface area contributed by atoms with E-state index in [0.717, 1.165) is 6.92 Å². The average molecular weight is 304 g/mol. The first kappa shape index (κ1) is 18.1. The van der Waals surface area contributed by atoms with E-state index in [1.807, 2.05) is 0 Å². The zero-order valence-electron chi connectivity index (χ0n) is 9.34. The van der Waals surface area contributed by atoms with Gasteiger partial charge in [-0.1, -0.05) is 5.57 Å². The Morgan fingerprint density at radius 2 is 1.32 bits per heavy atom. The van der Waals surface area contributed by atoms with Gasteiger partial charge in [0, 0.05) is 6.61 Å². The lowest BCUT2D eigenvalue weighted by Gasteiger charge is -2.32. The summed E-state index contributed by atoms with van der Waals surface area (Å²) in [4.78, 5) is 0. The van der Waals surface area contributed by atoms with Crippen LogP contribution in [0.2, 0.25) is 0 Å². The van der Waals surface area contributed by atoms with Gasteiger partial charge in [-0.05, 0) is 19.4 Å². The van der Waals surface area contributed by atoms with Crippen LogP contribution in [0.15, 0.2) is 11.6 Å². The maximum Gasteiger partial charge on any atom is 0.460 e. The van der Waals surface area contributed by atoms with E-state index >= 15 is 0 Å². The van der Waals surface area contributed by atoms with Gasteiger partial charge >= 0.3 is 23.9 Å². The first-order valence-corrected chi connectivity index (χ1v) is 4.70. The largest absolute Gasteiger partial charge is 0.460 e. The van der Waals surface area contributed by atoms with Crippen molar-refractivity contribution in [1.82, 2.24) is 0 Å². The summed E-state index contributed by atoms with van der Waals surface area (Å²) >= 11 is 0. The molecule has 0 fully saturated rings. The third kappa shape index (κ3) is 3.34. The van der Waals surface area contributed by atoms with E-state index < -0.39 is 48.6 Å². The maximum atomic E-state index is 12.9. The van der Waals surface area contributed by atoms with E-state index in [-0.39, 0.29) is 0 Å². The van der Waals surface area contributed by atoms with Crippen LogP contribution in [0.25, 0.3) is 0 Å². The van der Waals surface area contributed by atoms with E-state index in [1.54, 1.807) is 0 Å². The molecule has 0 saturated heterocycles. The molecule has 0 aromatic heterocycles. The third-order valence-corrected chi connectivity index (χ3v) is 2.10. The molecule has 0 heterocycles. The zero-order valence-corrected chi connectivity index (χ0v) is 9.34. The smallest absolute Gasteiger partial charge is 0.396 e. The number of aliphatic hydroxyl groups is 1. The van der Waals surface area contributed by atoms with Crippen LogP contribution >= 0.6 is 0 Å². The average Bonchev–Trinajstić information content (AvgIpc) is 2.14. The fraction of sp³-hybridized carbons (Fsp3) is 0.778. The molecule has 0 aromatic carbocycles. The number of halogens is 9. The van der Waals surface area contributed by atoms with E-state index in [2.05, 4.69) is 0 Å². The predicted molar refractivity (Wildman–Crippen MR) is 46.4 cm³/mol. The van der Waals surface area contributed by atoms with Crippen LogP contribution in [-0.2, 0) is 0 Å². The molecule has 1 N–H and O–H groups in total. The lowest BCUT2D eigenvalue weighted by molar-refractivity contribution is -0.388. The van der Waals surface area contributed by atoms with Crippen LogP contribution in [0.5, 0.6) is 0 Å². The van der Waals surface area contributed by atoms with Gasteiger partial charge in [0.25, 0.3) is 0 Å². The SMILES string of the molecule is C/C(=C\C(F)(F)C(F)(F)C(F)(F)C(F)(F)F)CCO. The summed E-state index contributed by atoms with van der Waals surface area (Å²) < 4.78 is 111. The molecule has 0 spiro atoms. The van der Waals surface area contributed by atoms with Crippen molar-refractivity contribution >= 4 is 0 Å². The van der Waals surface area contributed by atoms with Gasteiger partial charge in [-0.15, -0.1) is 0 Å². The monoisotopic (exact) mass is 304 g/mol. The van der Waals surface area contributed by atoms with Crippen molar-refractivity contribution in [3.05, 3.63) is 11.6 Å². The summed E-state index contributed by atoms with van der Waals surface area (Å²) in [5.74, 6) is -19.3. The van der Waals surface area contributed by atoms with Crippen molar-refractivity contribution in [2.75, 3.05) is 6.61 Å². The molecule has 10 heteroatoms. The lowest BCUT2D eigenvalue weighted by Crippen LogP contribution is -2.60. The quantitative estimate of drug-likeness (QED) is 0.605. The number of rotatable bonds is 5. The molecular weight excluding hydrogens is 295 g/mol. The van der Waals surface area contributed by atoms with Crippen LogP contribution in [-0.4, -0.2) is 35.7 Å². The molecule has 1 nitrogen and oxygen atoms in total. The van der Waals surface area contributed by atoms with Gasteiger partial charge in [0.1, 0.15) is 0 Å². The molecule has 0 unspecified atom stereocenters. The number of alkyl halides is 9. The van der Waals surface area contributed by atoms with Gasteiger partial charge in [-0.25, -0.2) is 0 Å². The minimum absolute atomic E-state index is 0.566. The van der Waals surface area contributed by atoms with Crippen molar-refractivity contribution in [3.8, 4) is 0 Å². The second kappa shape index (κ2) is 5.22. The molecule has 114 valence electrons. The number of hydrogen-bond donors (Lipinski definition) is 1. The van der Waals surface area contributed by atoms with Crippen molar-refractivity contribution < 1.29 is 44.6 Å². The van der Waals surface area contributed by atoms with Crippen molar-refractivity contribution in [1.29, 1.82) is 0 Å². The van der Waals surface area contributed by atoms with E-state index in [1.165, 1.54) is 0 Å². The minimum atomic E-state index is -6.89. The van der Waals surface area contributed by atoms with Crippen LogP contribution in [0.3, 0.4) is 0 Å². The van der Waals surface area contributed by atoms with Gasteiger partial charge in [0.05, 0.1) is 0 Å². The fourth-order valence-electron chi connectivity index (χ4n) is 1.04. The van der Waals surface area contributed by atoms with Gasteiger partial charge in [-0.3, -0.25) is 0 Å².